The Morgan fingerprint density at radius 2 is 1.68 bits per heavy atom. The van der Waals surface area contributed by atoms with Crippen LogP contribution in [-0.4, -0.2) is 54.2 Å². The zero-order valence-electron chi connectivity index (χ0n) is 21.4. The van der Waals surface area contributed by atoms with Crippen molar-refractivity contribution in [2.45, 2.75) is 43.2 Å². The number of hydrogen-bond acceptors (Lipinski definition) is 5. The predicted molar refractivity (Wildman–Crippen MR) is 153 cm³/mol. The van der Waals surface area contributed by atoms with Crippen molar-refractivity contribution in [3.63, 3.8) is 0 Å². The van der Waals surface area contributed by atoms with Crippen LogP contribution in [0.15, 0.2) is 71.6 Å². The number of benzene rings is 3. The van der Waals surface area contributed by atoms with Gasteiger partial charge in [0.2, 0.25) is 21.8 Å². The van der Waals surface area contributed by atoms with E-state index in [-0.39, 0.29) is 40.2 Å². The third-order valence-electron chi connectivity index (χ3n) is 6.47. The number of sulfonamides is 1. The number of nitrogens with one attached hydrogen (secondary N) is 2. The number of hydrogen-bond donors (Lipinski definition) is 3. The van der Waals surface area contributed by atoms with Crippen LogP contribution >= 0.6 is 23.2 Å². The van der Waals surface area contributed by atoms with Gasteiger partial charge in [-0.15, -0.1) is 0 Å². The number of carboxylic acids is 1. The molecule has 0 aromatic heterocycles. The Morgan fingerprint density at radius 1 is 1.00 bits per heavy atom. The Hall–Kier alpha value is -3.44. The summed E-state index contributed by atoms with van der Waals surface area (Å²) in [4.78, 5) is 36.4. The molecule has 0 spiro atoms. The van der Waals surface area contributed by atoms with Gasteiger partial charge in [0.15, 0.2) is 0 Å². The Morgan fingerprint density at radius 3 is 2.30 bits per heavy atom. The number of rotatable bonds is 9. The zero-order chi connectivity index (χ0) is 29.0. The molecule has 2 amide bonds. The number of carboxylic acid groups (broad SMARTS) is 1. The molecule has 4 rings (SSSR count). The second kappa shape index (κ2) is 12.4. The topological polar surface area (TPSA) is 133 Å². The third kappa shape index (κ3) is 7.00. The van der Waals surface area contributed by atoms with Gasteiger partial charge in [-0.05, 0) is 59.9 Å². The molecule has 210 valence electrons. The maximum atomic E-state index is 13.3. The van der Waals surface area contributed by atoms with E-state index in [9.17, 15) is 27.9 Å². The number of carbonyl (C=O) groups excluding carboxylic acids is 2. The molecule has 3 N–H and O–H groups in total. The molecular weight excluding hydrogens is 577 g/mol. The van der Waals surface area contributed by atoms with E-state index in [1.165, 1.54) is 25.1 Å². The highest BCUT2D eigenvalue weighted by Crippen LogP contribution is 2.30. The van der Waals surface area contributed by atoms with Gasteiger partial charge >= 0.3 is 5.97 Å². The molecule has 1 fully saturated rings. The quantitative estimate of drug-likeness (QED) is 0.328. The highest BCUT2D eigenvalue weighted by molar-refractivity contribution is 7.89. The van der Waals surface area contributed by atoms with Crippen LogP contribution in [0.4, 0.5) is 5.69 Å². The molecule has 0 bridgehead atoms. The van der Waals surface area contributed by atoms with Gasteiger partial charge in [-0.3, -0.25) is 9.59 Å². The summed E-state index contributed by atoms with van der Waals surface area (Å²) in [5, 5.41) is 15.4. The van der Waals surface area contributed by atoms with Crippen LogP contribution in [0.2, 0.25) is 10.0 Å². The van der Waals surface area contributed by atoms with Crippen molar-refractivity contribution < 1.29 is 27.9 Å². The molecule has 3 aromatic carbocycles. The minimum absolute atomic E-state index is 0.00332. The molecule has 1 aliphatic rings. The molecule has 12 heteroatoms. The summed E-state index contributed by atoms with van der Waals surface area (Å²) < 4.78 is 27.6. The van der Waals surface area contributed by atoms with Gasteiger partial charge in [0, 0.05) is 35.6 Å². The van der Waals surface area contributed by atoms with Crippen molar-refractivity contribution in [1.82, 2.24) is 9.62 Å². The normalized spacial score (nSPS) is 16.3. The van der Waals surface area contributed by atoms with E-state index in [4.69, 9.17) is 23.2 Å². The van der Waals surface area contributed by atoms with Gasteiger partial charge in [0.25, 0.3) is 0 Å². The van der Waals surface area contributed by atoms with Crippen molar-refractivity contribution in [3.05, 3.63) is 82.3 Å². The first kappa shape index (κ1) is 29.5. The van der Waals surface area contributed by atoms with Crippen LogP contribution in [0.1, 0.15) is 25.3 Å². The molecule has 0 unspecified atom stereocenters. The molecule has 0 radical (unpaired) electrons. The fourth-order valence-electron chi connectivity index (χ4n) is 4.62. The Kier molecular flexibility index (Phi) is 9.15. The van der Waals surface area contributed by atoms with E-state index in [0.29, 0.717) is 17.7 Å². The van der Waals surface area contributed by atoms with Crippen LogP contribution in [-0.2, 0) is 30.8 Å². The van der Waals surface area contributed by atoms with Gasteiger partial charge in [0.1, 0.15) is 12.1 Å². The summed E-state index contributed by atoms with van der Waals surface area (Å²) in [5.41, 5.74) is 3.05. The van der Waals surface area contributed by atoms with Crippen LogP contribution in [0.5, 0.6) is 0 Å². The lowest BCUT2D eigenvalue weighted by molar-refractivity contribution is -0.142. The van der Waals surface area contributed by atoms with E-state index < -0.39 is 34.0 Å². The summed E-state index contributed by atoms with van der Waals surface area (Å²) >= 11 is 12.0. The SMILES string of the molecule is CC(=O)Nc1cccc(-c2ccc(C[C@H](NC(=O)[C@@H]3CCCN3S(=O)(=O)c3cc(Cl)cc(Cl)c3)C(=O)O)cc2)c1. The van der Waals surface area contributed by atoms with Gasteiger partial charge in [0.05, 0.1) is 4.90 Å². The number of amides is 2. The monoisotopic (exact) mass is 603 g/mol. The smallest absolute Gasteiger partial charge is 0.326 e. The molecule has 9 nitrogen and oxygen atoms in total. The average molecular weight is 605 g/mol. The Labute approximate surface area is 242 Å². The van der Waals surface area contributed by atoms with Gasteiger partial charge in [-0.25, -0.2) is 13.2 Å². The van der Waals surface area contributed by atoms with E-state index >= 15 is 0 Å². The summed E-state index contributed by atoms with van der Waals surface area (Å²) in [6, 6.07) is 16.1. The second-order valence-corrected chi connectivity index (χ2v) is 12.2. The van der Waals surface area contributed by atoms with Crippen LogP contribution in [0.3, 0.4) is 0 Å². The lowest BCUT2D eigenvalue weighted by Crippen LogP contribution is -2.51. The maximum Gasteiger partial charge on any atom is 0.326 e. The summed E-state index contributed by atoms with van der Waals surface area (Å²) in [6.07, 6.45) is 0.683. The number of anilines is 1. The molecule has 0 aliphatic carbocycles. The zero-order valence-corrected chi connectivity index (χ0v) is 23.8. The van der Waals surface area contributed by atoms with Crippen molar-refractivity contribution in [3.8, 4) is 11.1 Å². The molecule has 3 aromatic rings. The fraction of sp³-hybridized carbons (Fsp3) is 0.250. The first-order valence-electron chi connectivity index (χ1n) is 12.4. The standard InChI is InChI=1S/C28H27Cl2N3O6S/c1-17(34)31-23-5-2-4-20(13-23)19-9-7-18(8-10-19)12-25(28(36)37)32-27(35)26-6-3-11-33(26)40(38,39)24-15-21(29)14-22(30)16-24/h2,4-5,7-10,13-16,25-26H,3,6,11-12H2,1H3,(H,31,34)(H,32,35)(H,36,37)/t25-,26-/m0/s1. The molecule has 1 saturated heterocycles. The highest BCUT2D eigenvalue weighted by Gasteiger charge is 2.40. The van der Waals surface area contributed by atoms with Gasteiger partial charge in [-0.1, -0.05) is 59.6 Å². The van der Waals surface area contributed by atoms with E-state index in [1.54, 1.807) is 18.2 Å². The molecule has 1 heterocycles. The number of carbonyl (C=O) groups is 3. The van der Waals surface area contributed by atoms with Crippen LogP contribution in [0, 0.1) is 0 Å². The molecule has 2 atom stereocenters. The average Bonchev–Trinajstić information content (AvgIpc) is 3.39. The predicted octanol–water partition coefficient (Wildman–Crippen LogP) is 4.58. The highest BCUT2D eigenvalue weighted by atomic mass is 35.5. The van der Waals surface area contributed by atoms with Crippen molar-refractivity contribution >= 4 is 56.7 Å². The van der Waals surface area contributed by atoms with Crippen LogP contribution < -0.4 is 10.6 Å². The number of halogens is 2. The first-order valence-corrected chi connectivity index (χ1v) is 14.6. The van der Waals surface area contributed by atoms with Crippen molar-refractivity contribution in [1.29, 1.82) is 0 Å². The number of aliphatic carboxylic acids is 1. The lowest BCUT2D eigenvalue weighted by Gasteiger charge is -2.25. The van der Waals surface area contributed by atoms with E-state index in [0.717, 1.165) is 15.4 Å². The molecule has 40 heavy (non-hydrogen) atoms. The summed E-state index contributed by atoms with van der Waals surface area (Å²) in [7, 11) is -4.10. The van der Waals surface area contributed by atoms with Crippen molar-refractivity contribution in [2.75, 3.05) is 11.9 Å². The maximum absolute atomic E-state index is 13.3. The second-order valence-electron chi connectivity index (χ2n) is 9.44. The van der Waals surface area contributed by atoms with Crippen LogP contribution in [0.25, 0.3) is 11.1 Å². The molecule has 0 saturated carbocycles. The number of nitrogens with zero attached hydrogens (tertiary/aromatic N) is 1. The Bertz CT molecular complexity index is 1530. The Balaban J connectivity index is 1.47. The van der Waals surface area contributed by atoms with Gasteiger partial charge in [-0.2, -0.15) is 4.31 Å². The minimum Gasteiger partial charge on any atom is -0.480 e. The first-order chi connectivity index (χ1) is 18.9. The summed E-state index contributed by atoms with van der Waals surface area (Å²) in [5.74, 6) is -2.11. The molecular formula is C28H27Cl2N3O6S. The third-order valence-corrected chi connectivity index (χ3v) is 8.80. The largest absolute Gasteiger partial charge is 0.480 e. The van der Waals surface area contributed by atoms with E-state index in [2.05, 4.69) is 10.6 Å². The lowest BCUT2D eigenvalue weighted by atomic mass is 10.00. The fourth-order valence-corrected chi connectivity index (χ4v) is 7.00. The minimum atomic E-state index is -4.10. The van der Waals surface area contributed by atoms with Crippen molar-refractivity contribution in [2.24, 2.45) is 0 Å². The molecule has 1 aliphatic heterocycles. The van der Waals surface area contributed by atoms with Gasteiger partial charge < -0.3 is 15.7 Å². The summed E-state index contributed by atoms with van der Waals surface area (Å²) in [6.45, 7) is 1.53. The van der Waals surface area contributed by atoms with E-state index in [1.807, 2.05) is 30.3 Å².